The predicted octanol–water partition coefficient (Wildman–Crippen LogP) is 3.56. The van der Waals surface area contributed by atoms with Crippen LogP contribution in [0.5, 0.6) is 0 Å². The minimum Gasteiger partial charge on any atom is -0.157 e. The normalized spacial score (nSPS) is 10.1. The summed E-state index contributed by atoms with van der Waals surface area (Å²) in [5, 5.41) is 8.39. The van der Waals surface area contributed by atoms with Crippen LogP contribution >= 0.6 is 27.5 Å². The summed E-state index contributed by atoms with van der Waals surface area (Å²) in [4.78, 5) is 0. The Hall–Kier alpha value is -0.930. The topological polar surface area (TPSA) is 25.8 Å². The summed E-state index contributed by atoms with van der Waals surface area (Å²) in [6.07, 6.45) is 1.52. The van der Waals surface area contributed by atoms with E-state index in [1.807, 2.05) is 24.3 Å². The van der Waals surface area contributed by atoms with Crippen molar-refractivity contribution in [2.75, 3.05) is 0 Å². The van der Waals surface area contributed by atoms with Crippen molar-refractivity contribution in [2.24, 2.45) is 0 Å². The highest BCUT2D eigenvalue weighted by molar-refractivity contribution is 9.10. The van der Waals surface area contributed by atoms with Gasteiger partial charge in [0.25, 0.3) is 0 Å². The van der Waals surface area contributed by atoms with Gasteiger partial charge in [-0.3, -0.25) is 0 Å². The zero-order chi connectivity index (χ0) is 9.97. The fourth-order valence-corrected chi connectivity index (χ4v) is 1.78. The molecule has 14 heavy (non-hydrogen) atoms. The van der Waals surface area contributed by atoms with E-state index >= 15 is 0 Å². The molecule has 4 heteroatoms. The minimum atomic E-state index is 0.589. The molecule has 0 aliphatic heterocycles. The van der Waals surface area contributed by atoms with Gasteiger partial charge in [-0.1, -0.05) is 45.7 Å². The number of hydrogen-bond donors (Lipinski definition) is 0. The van der Waals surface area contributed by atoms with Crippen molar-refractivity contribution in [1.29, 1.82) is 0 Å². The molecular formula is C10H6BrClN2. The molecule has 70 valence electrons. The van der Waals surface area contributed by atoms with Crippen LogP contribution in [0.25, 0.3) is 11.3 Å². The van der Waals surface area contributed by atoms with Gasteiger partial charge in [-0.2, -0.15) is 10.2 Å². The number of nitrogens with zero attached hydrogens (tertiary/aromatic N) is 2. The molecule has 0 N–H and O–H groups in total. The summed E-state index contributed by atoms with van der Waals surface area (Å²) in [6.45, 7) is 0. The van der Waals surface area contributed by atoms with E-state index < -0.39 is 0 Å². The highest BCUT2D eigenvalue weighted by Crippen LogP contribution is 2.26. The summed E-state index contributed by atoms with van der Waals surface area (Å²) < 4.78 is 0.983. The van der Waals surface area contributed by atoms with Crippen LogP contribution < -0.4 is 0 Å². The van der Waals surface area contributed by atoms with E-state index in [9.17, 15) is 0 Å². The van der Waals surface area contributed by atoms with Gasteiger partial charge < -0.3 is 0 Å². The molecule has 1 aromatic carbocycles. The molecule has 2 nitrogen and oxygen atoms in total. The first-order chi connectivity index (χ1) is 6.77. The van der Waals surface area contributed by atoms with Gasteiger partial charge in [-0.25, -0.2) is 0 Å². The average molecular weight is 270 g/mol. The SMILES string of the molecule is Clc1cnnc(-c2ccccc2Br)c1. The summed E-state index contributed by atoms with van der Waals surface area (Å²) >= 11 is 9.28. The van der Waals surface area contributed by atoms with Gasteiger partial charge in [0.05, 0.1) is 16.9 Å². The first kappa shape index (κ1) is 9.62. The smallest absolute Gasteiger partial charge is 0.0955 e. The maximum atomic E-state index is 5.83. The molecule has 2 aromatic rings. The molecular weight excluding hydrogens is 263 g/mol. The van der Waals surface area contributed by atoms with E-state index in [0.29, 0.717) is 5.02 Å². The lowest BCUT2D eigenvalue weighted by atomic mass is 10.1. The molecule has 1 aromatic heterocycles. The van der Waals surface area contributed by atoms with Gasteiger partial charge >= 0.3 is 0 Å². The van der Waals surface area contributed by atoms with Crippen molar-refractivity contribution >= 4 is 27.5 Å². The largest absolute Gasteiger partial charge is 0.157 e. The predicted molar refractivity (Wildman–Crippen MR) is 60.2 cm³/mol. The van der Waals surface area contributed by atoms with Crippen molar-refractivity contribution < 1.29 is 0 Å². The Kier molecular flexibility index (Phi) is 2.79. The van der Waals surface area contributed by atoms with E-state index in [1.54, 1.807) is 6.07 Å². The zero-order valence-electron chi connectivity index (χ0n) is 7.11. The van der Waals surface area contributed by atoms with Gasteiger partial charge in [0, 0.05) is 10.0 Å². The van der Waals surface area contributed by atoms with Crippen LogP contribution in [0.4, 0.5) is 0 Å². The van der Waals surface area contributed by atoms with Crippen LogP contribution in [0.1, 0.15) is 0 Å². The number of rotatable bonds is 1. The van der Waals surface area contributed by atoms with Crippen molar-refractivity contribution in [3.05, 3.63) is 46.0 Å². The quantitative estimate of drug-likeness (QED) is 0.791. The maximum Gasteiger partial charge on any atom is 0.0955 e. The summed E-state index contributed by atoms with van der Waals surface area (Å²) in [5.74, 6) is 0. The third kappa shape index (κ3) is 1.94. The Morgan fingerprint density at radius 2 is 2.00 bits per heavy atom. The molecule has 0 aliphatic carbocycles. The van der Waals surface area contributed by atoms with Crippen LogP contribution in [0.2, 0.25) is 5.02 Å². The molecule has 0 fully saturated rings. The molecule has 0 spiro atoms. The monoisotopic (exact) mass is 268 g/mol. The summed E-state index contributed by atoms with van der Waals surface area (Å²) in [5.41, 5.74) is 1.76. The van der Waals surface area contributed by atoms with Gasteiger partial charge in [0.15, 0.2) is 0 Å². The Balaban J connectivity index is 2.55. The highest BCUT2D eigenvalue weighted by atomic mass is 79.9. The van der Waals surface area contributed by atoms with Crippen molar-refractivity contribution in [3.63, 3.8) is 0 Å². The molecule has 1 heterocycles. The molecule has 0 saturated carbocycles. The van der Waals surface area contributed by atoms with Crippen molar-refractivity contribution in [1.82, 2.24) is 10.2 Å². The Labute approximate surface area is 95.1 Å². The number of halogens is 2. The highest BCUT2D eigenvalue weighted by Gasteiger charge is 2.04. The van der Waals surface area contributed by atoms with E-state index in [-0.39, 0.29) is 0 Å². The number of hydrogen-bond acceptors (Lipinski definition) is 2. The Bertz CT molecular complexity index is 459. The van der Waals surface area contributed by atoms with Gasteiger partial charge in [0.2, 0.25) is 0 Å². The third-order valence-electron chi connectivity index (χ3n) is 1.77. The Morgan fingerprint density at radius 1 is 1.21 bits per heavy atom. The van der Waals surface area contributed by atoms with Crippen LogP contribution in [0.3, 0.4) is 0 Å². The molecule has 2 rings (SSSR count). The zero-order valence-corrected chi connectivity index (χ0v) is 9.46. The second-order valence-corrected chi connectivity index (χ2v) is 4.03. The fourth-order valence-electron chi connectivity index (χ4n) is 1.14. The van der Waals surface area contributed by atoms with E-state index in [2.05, 4.69) is 26.1 Å². The number of aromatic nitrogens is 2. The molecule has 0 unspecified atom stereocenters. The first-order valence-corrected chi connectivity index (χ1v) is 5.17. The van der Waals surface area contributed by atoms with Crippen LogP contribution in [-0.4, -0.2) is 10.2 Å². The maximum absolute atomic E-state index is 5.83. The van der Waals surface area contributed by atoms with E-state index in [0.717, 1.165) is 15.7 Å². The second kappa shape index (κ2) is 4.07. The lowest BCUT2D eigenvalue weighted by molar-refractivity contribution is 1.04. The molecule has 0 bridgehead atoms. The first-order valence-electron chi connectivity index (χ1n) is 4.00. The van der Waals surface area contributed by atoms with Crippen molar-refractivity contribution in [3.8, 4) is 11.3 Å². The van der Waals surface area contributed by atoms with Gasteiger partial charge in [-0.05, 0) is 12.1 Å². The van der Waals surface area contributed by atoms with Crippen LogP contribution in [-0.2, 0) is 0 Å². The van der Waals surface area contributed by atoms with Crippen LogP contribution in [0.15, 0.2) is 41.0 Å². The average Bonchev–Trinajstić information content (AvgIpc) is 2.18. The Morgan fingerprint density at radius 3 is 2.71 bits per heavy atom. The van der Waals surface area contributed by atoms with Gasteiger partial charge in [-0.15, -0.1) is 0 Å². The third-order valence-corrected chi connectivity index (χ3v) is 2.67. The standard InChI is InChI=1S/C10H6BrClN2/c11-9-4-2-1-3-8(9)10-5-7(12)6-13-14-10/h1-6H. The van der Waals surface area contributed by atoms with E-state index in [1.165, 1.54) is 6.20 Å². The molecule has 0 atom stereocenters. The lowest BCUT2D eigenvalue weighted by Crippen LogP contribution is -1.87. The van der Waals surface area contributed by atoms with Crippen LogP contribution in [0, 0.1) is 0 Å². The summed E-state index contributed by atoms with van der Waals surface area (Å²) in [7, 11) is 0. The minimum absolute atomic E-state index is 0.589. The van der Waals surface area contributed by atoms with Crippen molar-refractivity contribution in [2.45, 2.75) is 0 Å². The number of benzene rings is 1. The fraction of sp³-hybridized carbons (Fsp3) is 0. The second-order valence-electron chi connectivity index (χ2n) is 2.74. The molecule has 0 radical (unpaired) electrons. The van der Waals surface area contributed by atoms with E-state index in [4.69, 9.17) is 11.6 Å². The molecule has 0 aliphatic rings. The summed E-state index contributed by atoms with van der Waals surface area (Å²) in [6, 6.07) is 9.60. The lowest BCUT2D eigenvalue weighted by Gasteiger charge is -2.01. The molecule has 0 saturated heterocycles. The molecule has 0 amide bonds. The van der Waals surface area contributed by atoms with Gasteiger partial charge in [0.1, 0.15) is 0 Å².